The molecular weight excluding hydrogens is 791 g/mol. The lowest BCUT2D eigenvalue weighted by Crippen LogP contribution is -2.46. The summed E-state index contributed by atoms with van der Waals surface area (Å²) in [5.74, 6) is -3.55. The summed E-state index contributed by atoms with van der Waals surface area (Å²) in [6, 6.07) is 7.60. The van der Waals surface area contributed by atoms with E-state index < -0.39 is 79.7 Å². The van der Waals surface area contributed by atoms with E-state index in [9.17, 15) is 37.2 Å². The Kier molecular flexibility index (Phi) is 15.9. The highest BCUT2D eigenvalue weighted by atomic mass is 32.2. The van der Waals surface area contributed by atoms with Crippen LogP contribution in [0.15, 0.2) is 41.3 Å². The second kappa shape index (κ2) is 19.3. The smallest absolute Gasteiger partial charge is 0.408 e. The van der Waals surface area contributed by atoms with Crippen molar-refractivity contribution in [2.75, 3.05) is 57.8 Å². The average molecular weight is 842 g/mol. The zero-order valence-electron chi connectivity index (χ0n) is 33.1. The van der Waals surface area contributed by atoms with Crippen molar-refractivity contribution in [1.82, 2.24) is 20.3 Å². The molecule has 1 aliphatic heterocycles. The first-order chi connectivity index (χ1) is 26.0. The zero-order chi connectivity index (χ0) is 42.2. The van der Waals surface area contributed by atoms with Gasteiger partial charge in [-0.1, -0.05) is 24.3 Å². The van der Waals surface area contributed by atoms with Crippen molar-refractivity contribution in [3.8, 4) is 0 Å². The van der Waals surface area contributed by atoms with E-state index in [1.165, 1.54) is 6.07 Å². The van der Waals surface area contributed by atoms with Crippen molar-refractivity contribution in [2.24, 2.45) is 0 Å². The molecular formula is C36H51N5O12S3. The van der Waals surface area contributed by atoms with Crippen LogP contribution < -0.4 is 20.3 Å². The van der Waals surface area contributed by atoms with Crippen molar-refractivity contribution in [3.05, 3.63) is 36.4 Å². The number of methoxy groups -OCH3 is 2. The summed E-state index contributed by atoms with van der Waals surface area (Å²) in [5, 5.41) is 3.68. The number of anilines is 1. The van der Waals surface area contributed by atoms with Crippen LogP contribution in [-0.2, 0) is 48.1 Å². The third kappa shape index (κ3) is 12.6. The summed E-state index contributed by atoms with van der Waals surface area (Å²) in [6.45, 7) is 9.12. The number of carbonyl (C=O) groups is 6. The lowest BCUT2D eigenvalue weighted by Gasteiger charge is -2.24. The van der Waals surface area contributed by atoms with Gasteiger partial charge in [0.05, 0.1) is 19.1 Å². The van der Waals surface area contributed by atoms with Gasteiger partial charge in [0.2, 0.25) is 21.8 Å². The molecule has 4 amide bonds. The number of rotatable bonds is 16. The number of imide groups is 1. The number of esters is 2. The Morgan fingerprint density at radius 3 is 1.64 bits per heavy atom. The van der Waals surface area contributed by atoms with Crippen molar-refractivity contribution in [1.29, 1.82) is 0 Å². The van der Waals surface area contributed by atoms with Gasteiger partial charge in [0.15, 0.2) is 0 Å². The summed E-state index contributed by atoms with van der Waals surface area (Å²) in [4.78, 5) is 81.1. The number of alkyl carbamates (subject to hydrolysis) is 2. The molecule has 20 heteroatoms. The second-order valence-corrected chi connectivity index (χ2v) is 18.8. The van der Waals surface area contributed by atoms with Gasteiger partial charge in [-0.2, -0.15) is 0 Å². The molecule has 2 aromatic rings. The minimum absolute atomic E-state index is 0.0114. The van der Waals surface area contributed by atoms with E-state index in [1.807, 2.05) is 31.1 Å². The highest BCUT2D eigenvalue weighted by Crippen LogP contribution is 2.35. The molecule has 2 aromatic carbocycles. The van der Waals surface area contributed by atoms with E-state index in [-0.39, 0.29) is 29.5 Å². The molecule has 0 aromatic heterocycles. The van der Waals surface area contributed by atoms with Crippen molar-refractivity contribution in [2.45, 2.75) is 80.2 Å². The molecule has 1 fully saturated rings. The Bertz CT molecular complexity index is 1820. The second-order valence-electron chi connectivity index (χ2n) is 14.7. The third-order valence-electron chi connectivity index (χ3n) is 7.79. The number of ether oxygens (including phenoxy) is 4. The van der Waals surface area contributed by atoms with Crippen LogP contribution >= 0.6 is 23.5 Å². The van der Waals surface area contributed by atoms with Crippen LogP contribution in [0.3, 0.4) is 0 Å². The number of thioether (sulfide) groups is 2. The molecule has 0 saturated carbocycles. The molecule has 0 radical (unpaired) electrons. The number of hydrogen-bond acceptors (Lipinski definition) is 15. The van der Waals surface area contributed by atoms with Crippen LogP contribution in [0.25, 0.3) is 10.8 Å². The molecule has 56 heavy (non-hydrogen) atoms. The number of likely N-dealkylation sites (tertiary alicyclic amines) is 1. The topological polar surface area (TPSA) is 216 Å². The van der Waals surface area contributed by atoms with Crippen LogP contribution in [-0.4, -0.2) is 136 Å². The molecule has 0 aliphatic carbocycles. The quantitative estimate of drug-likeness (QED) is 0.126. The van der Waals surface area contributed by atoms with Crippen LogP contribution in [0.4, 0.5) is 15.3 Å². The first-order valence-electron chi connectivity index (χ1n) is 17.4. The minimum Gasteiger partial charge on any atom is -0.467 e. The number of amides is 4. The standard InChI is InChI=1S/C36H51N5O12S3/c1-35(2,3)52-33(46)38-23(31(44)50-9)19-54-27-28(55-20-24(32(45)51-10)39-34(47)53-36(4,5)6)30(43)41(29(27)42)18-17-37-56(48,49)26-16-12-13-21-22(26)14-11-15-25(21)40(7)8/h11-16,23-24,27-28,37H,17-20H2,1-10H3,(H,38,46)(H,39,47)/t23-,24-,27?,28?/m0/s1. The fourth-order valence-electron chi connectivity index (χ4n) is 5.39. The van der Waals surface area contributed by atoms with Crippen LogP contribution in [0.2, 0.25) is 0 Å². The highest BCUT2D eigenvalue weighted by Gasteiger charge is 2.49. The predicted octanol–water partition coefficient (Wildman–Crippen LogP) is 2.89. The van der Waals surface area contributed by atoms with Gasteiger partial charge in [-0.15, -0.1) is 23.5 Å². The van der Waals surface area contributed by atoms with E-state index in [2.05, 4.69) is 15.4 Å². The first kappa shape index (κ1) is 46.1. The van der Waals surface area contributed by atoms with Crippen LogP contribution in [0.1, 0.15) is 41.5 Å². The molecule has 2 unspecified atom stereocenters. The zero-order valence-corrected chi connectivity index (χ0v) is 35.6. The van der Waals surface area contributed by atoms with Gasteiger partial charge in [-0.25, -0.2) is 32.3 Å². The van der Waals surface area contributed by atoms with Crippen molar-refractivity contribution < 1.29 is 56.1 Å². The minimum atomic E-state index is -4.14. The Morgan fingerprint density at radius 1 is 0.768 bits per heavy atom. The average Bonchev–Trinajstić information content (AvgIpc) is 3.32. The fourth-order valence-corrected chi connectivity index (χ4v) is 9.46. The predicted molar refractivity (Wildman–Crippen MR) is 213 cm³/mol. The van der Waals surface area contributed by atoms with Gasteiger partial charge in [-0.3, -0.25) is 14.5 Å². The molecule has 4 atom stereocenters. The molecule has 310 valence electrons. The van der Waals surface area contributed by atoms with Gasteiger partial charge in [-0.05, 0) is 53.7 Å². The Hall–Kier alpha value is -4.27. The Labute approximate surface area is 335 Å². The first-order valence-corrected chi connectivity index (χ1v) is 21.0. The van der Waals surface area contributed by atoms with Crippen molar-refractivity contribution >= 4 is 85.9 Å². The van der Waals surface area contributed by atoms with Gasteiger partial charge in [0, 0.05) is 55.2 Å². The van der Waals surface area contributed by atoms with E-state index >= 15 is 0 Å². The SMILES string of the molecule is COC(=O)[C@H](CSC1C(=O)N(CCNS(=O)(=O)c2cccc3c(N(C)C)cccc23)C(=O)C1SC[C@H](NC(=O)OC(C)(C)C)C(=O)OC)NC(=O)OC(C)(C)C. The normalized spacial score (nSPS) is 17.2. The number of sulfonamides is 1. The number of benzene rings is 2. The van der Waals surface area contributed by atoms with Gasteiger partial charge in [0.25, 0.3) is 0 Å². The highest BCUT2D eigenvalue weighted by molar-refractivity contribution is 8.05. The molecule has 0 bridgehead atoms. The summed E-state index contributed by atoms with van der Waals surface area (Å²) in [5.41, 5.74) is -0.963. The number of hydrogen-bond donors (Lipinski definition) is 3. The fraction of sp³-hybridized carbons (Fsp3) is 0.556. The maximum atomic E-state index is 13.9. The number of nitrogens with one attached hydrogen (secondary N) is 3. The molecule has 1 heterocycles. The lowest BCUT2D eigenvalue weighted by atomic mass is 10.1. The van der Waals surface area contributed by atoms with Crippen LogP contribution in [0, 0.1) is 0 Å². The van der Waals surface area contributed by atoms with E-state index in [4.69, 9.17) is 18.9 Å². The number of fused-ring (bicyclic) bond motifs is 1. The maximum absolute atomic E-state index is 13.9. The maximum Gasteiger partial charge on any atom is 0.408 e. The monoisotopic (exact) mass is 841 g/mol. The van der Waals surface area contributed by atoms with E-state index in [0.717, 1.165) is 48.3 Å². The summed E-state index contributed by atoms with van der Waals surface area (Å²) in [7, 11) is 1.79. The summed E-state index contributed by atoms with van der Waals surface area (Å²) in [6.07, 6.45) is -1.83. The molecule has 0 spiro atoms. The lowest BCUT2D eigenvalue weighted by molar-refractivity contribution is -0.143. The van der Waals surface area contributed by atoms with Crippen LogP contribution in [0.5, 0.6) is 0 Å². The molecule has 1 aliphatic rings. The Balaban J connectivity index is 1.87. The number of carbonyl (C=O) groups excluding carboxylic acids is 6. The largest absolute Gasteiger partial charge is 0.467 e. The number of nitrogens with zero attached hydrogens (tertiary/aromatic N) is 2. The summed E-state index contributed by atoms with van der Waals surface area (Å²) < 4.78 is 49.9. The van der Waals surface area contributed by atoms with Gasteiger partial charge >= 0.3 is 24.1 Å². The van der Waals surface area contributed by atoms with Crippen molar-refractivity contribution in [3.63, 3.8) is 0 Å². The van der Waals surface area contributed by atoms with E-state index in [1.54, 1.807) is 59.7 Å². The van der Waals surface area contributed by atoms with Gasteiger partial charge < -0.3 is 34.5 Å². The molecule has 3 N–H and O–H groups in total. The molecule has 1 saturated heterocycles. The molecule has 17 nitrogen and oxygen atoms in total. The van der Waals surface area contributed by atoms with Gasteiger partial charge in [0.1, 0.15) is 33.8 Å². The van der Waals surface area contributed by atoms with E-state index in [0.29, 0.717) is 10.8 Å². The third-order valence-corrected chi connectivity index (χ3v) is 12.2. The summed E-state index contributed by atoms with van der Waals surface area (Å²) >= 11 is 1.75. The molecule has 3 rings (SSSR count). The Morgan fingerprint density at radius 2 is 1.21 bits per heavy atom.